The van der Waals surface area contributed by atoms with Gasteiger partial charge in [0.25, 0.3) is 0 Å². The second kappa shape index (κ2) is 6.76. The number of ether oxygens (including phenoxy) is 1. The molecule has 112 valence electrons. The molecule has 0 N–H and O–H groups in total. The predicted molar refractivity (Wildman–Crippen MR) is 78.7 cm³/mol. The van der Waals surface area contributed by atoms with E-state index in [1.807, 2.05) is 30.3 Å². The highest BCUT2D eigenvalue weighted by Gasteiger charge is 2.42. The number of hydrogen-bond donors (Lipinski definition) is 0. The van der Waals surface area contributed by atoms with Crippen molar-refractivity contribution in [2.24, 2.45) is 0 Å². The second-order valence-electron chi connectivity index (χ2n) is 4.84. The predicted octanol–water partition coefficient (Wildman–Crippen LogP) is 1.86. The summed E-state index contributed by atoms with van der Waals surface area (Å²) < 4.78 is 4.96. The molecule has 1 heterocycles. The van der Waals surface area contributed by atoms with Gasteiger partial charge in [0, 0.05) is 18.7 Å². The number of carbonyl (C=O) groups excluding carboxylic acids is 3. The third-order valence-corrected chi connectivity index (χ3v) is 4.43. The minimum absolute atomic E-state index is 0.0620. The Morgan fingerprint density at radius 3 is 2.52 bits per heavy atom. The third-order valence-electron chi connectivity index (χ3n) is 3.20. The van der Waals surface area contributed by atoms with Gasteiger partial charge in [-0.25, -0.2) is 0 Å². The summed E-state index contributed by atoms with van der Waals surface area (Å²) in [5.74, 6) is -0.938. The molecular weight excluding hydrogens is 290 g/mol. The van der Waals surface area contributed by atoms with Crippen LogP contribution in [-0.2, 0) is 19.1 Å². The van der Waals surface area contributed by atoms with Crippen LogP contribution in [0.15, 0.2) is 35.2 Å². The van der Waals surface area contributed by atoms with Gasteiger partial charge in [-0.3, -0.25) is 19.3 Å². The Bertz CT molecular complexity index is 546. The van der Waals surface area contributed by atoms with Crippen LogP contribution in [0.2, 0.25) is 0 Å². The molecule has 1 aromatic rings. The number of hydrogen-bond acceptors (Lipinski definition) is 5. The number of thioether (sulfide) groups is 1. The van der Waals surface area contributed by atoms with Crippen LogP contribution in [0.1, 0.15) is 20.3 Å². The van der Waals surface area contributed by atoms with Crippen LogP contribution in [0.4, 0.5) is 0 Å². The molecule has 6 heteroatoms. The molecule has 0 radical (unpaired) electrons. The highest BCUT2D eigenvalue weighted by Crippen LogP contribution is 2.34. The molecule has 21 heavy (non-hydrogen) atoms. The average molecular weight is 307 g/mol. The number of amides is 2. The SMILES string of the molecule is CC(=O)OC[C@@H]1C[C@H](Sc2ccccc2)C(=O)N1C(C)=O. The largest absolute Gasteiger partial charge is 0.464 e. The minimum Gasteiger partial charge on any atom is -0.464 e. The normalized spacial score (nSPS) is 21.4. The molecule has 2 atom stereocenters. The molecule has 1 aliphatic rings. The van der Waals surface area contributed by atoms with E-state index >= 15 is 0 Å². The molecule has 0 aliphatic carbocycles. The van der Waals surface area contributed by atoms with Gasteiger partial charge in [0.15, 0.2) is 0 Å². The van der Waals surface area contributed by atoms with Crippen LogP contribution in [0, 0.1) is 0 Å². The first-order valence-electron chi connectivity index (χ1n) is 6.67. The quantitative estimate of drug-likeness (QED) is 0.795. The fourth-order valence-electron chi connectivity index (χ4n) is 2.32. The van der Waals surface area contributed by atoms with E-state index in [0.717, 1.165) is 4.90 Å². The van der Waals surface area contributed by atoms with Gasteiger partial charge in [0.1, 0.15) is 6.61 Å². The Kier molecular flexibility index (Phi) is 5.01. The molecule has 1 fully saturated rings. The lowest BCUT2D eigenvalue weighted by Gasteiger charge is -2.20. The first-order chi connectivity index (χ1) is 9.99. The number of likely N-dealkylation sites (tertiary alicyclic amines) is 1. The van der Waals surface area contributed by atoms with Crippen molar-refractivity contribution in [2.75, 3.05) is 6.61 Å². The van der Waals surface area contributed by atoms with E-state index in [1.54, 1.807) is 0 Å². The van der Waals surface area contributed by atoms with Gasteiger partial charge < -0.3 is 4.74 Å². The van der Waals surface area contributed by atoms with Gasteiger partial charge in [-0.15, -0.1) is 11.8 Å². The van der Waals surface area contributed by atoms with Crippen LogP contribution >= 0.6 is 11.8 Å². The summed E-state index contributed by atoms with van der Waals surface area (Å²) in [7, 11) is 0. The standard InChI is InChI=1S/C15H17NO4S/c1-10(17)16-12(9-20-11(2)18)8-14(15(16)19)21-13-6-4-3-5-7-13/h3-7,12,14H,8-9H2,1-2H3/t12-,14-/m0/s1. The molecule has 1 aromatic carbocycles. The summed E-state index contributed by atoms with van der Waals surface area (Å²) in [5, 5.41) is -0.322. The first kappa shape index (κ1) is 15.6. The van der Waals surface area contributed by atoms with E-state index in [4.69, 9.17) is 4.74 Å². The Hall–Kier alpha value is -1.82. The Morgan fingerprint density at radius 2 is 1.95 bits per heavy atom. The Morgan fingerprint density at radius 1 is 1.29 bits per heavy atom. The molecule has 0 saturated carbocycles. The zero-order valence-electron chi connectivity index (χ0n) is 11.9. The average Bonchev–Trinajstić information content (AvgIpc) is 2.74. The number of imide groups is 1. The molecular formula is C15H17NO4S. The lowest BCUT2D eigenvalue weighted by Crippen LogP contribution is -2.40. The Balaban J connectivity index is 2.08. The van der Waals surface area contributed by atoms with Crippen molar-refractivity contribution in [3.8, 4) is 0 Å². The number of rotatable bonds is 4. The van der Waals surface area contributed by atoms with Crippen molar-refractivity contribution >= 4 is 29.5 Å². The number of esters is 1. The fraction of sp³-hybridized carbons (Fsp3) is 0.400. The van der Waals surface area contributed by atoms with E-state index < -0.39 is 5.97 Å². The van der Waals surface area contributed by atoms with E-state index in [-0.39, 0.29) is 29.7 Å². The van der Waals surface area contributed by atoms with Crippen LogP contribution < -0.4 is 0 Å². The molecule has 0 spiro atoms. The monoisotopic (exact) mass is 307 g/mol. The topological polar surface area (TPSA) is 63.7 Å². The van der Waals surface area contributed by atoms with Crippen molar-refractivity contribution in [3.63, 3.8) is 0 Å². The summed E-state index contributed by atoms with van der Waals surface area (Å²) in [6, 6.07) is 9.19. The smallest absolute Gasteiger partial charge is 0.302 e. The zero-order chi connectivity index (χ0) is 15.4. The maximum absolute atomic E-state index is 12.4. The van der Waals surface area contributed by atoms with E-state index in [9.17, 15) is 14.4 Å². The lowest BCUT2D eigenvalue weighted by molar-refractivity contribution is -0.149. The van der Waals surface area contributed by atoms with Crippen molar-refractivity contribution in [2.45, 2.75) is 36.5 Å². The molecule has 0 bridgehead atoms. The molecule has 1 aliphatic heterocycles. The maximum Gasteiger partial charge on any atom is 0.302 e. The van der Waals surface area contributed by atoms with E-state index in [0.29, 0.717) is 6.42 Å². The molecule has 1 saturated heterocycles. The van der Waals surface area contributed by atoms with Crippen LogP contribution in [-0.4, -0.2) is 40.6 Å². The van der Waals surface area contributed by atoms with Crippen LogP contribution in [0.5, 0.6) is 0 Å². The van der Waals surface area contributed by atoms with Crippen molar-refractivity contribution < 1.29 is 19.1 Å². The van der Waals surface area contributed by atoms with Crippen LogP contribution in [0.25, 0.3) is 0 Å². The van der Waals surface area contributed by atoms with Crippen molar-refractivity contribution in [1.29, 1.82) is 0 Å². The number of carbonyl (C=O) groups is 3. The van der Waals surface area contributed by atoms with Crippen molar-refractivity contribution in [3.05, 3.63) is 30.3 Å². The van der Waals surface area contributed by atoms with Gasteiger partial charge in [0.05, 0.1) is 11.3 Å². The van der Waals surface area contributed by atoms with Crippen LogP contribution in [0.3, 0.4) is 0 Å². The van der Waals surface area contributed by atoms with E-state index in [2.05, 4.69) is 0 Å². The molecule has 5 nitrogen and oxygen atoms in total. The number of nitrogens with zero attached hydrogens (tertiary/aromatic N) is 1. The molecule has 2 amide bonds. The van der Waals surface area contributed by atoms with Gasteiger partial charge in [-0.1, -0.05) is 18.2 Å². The highest BCUT2D eigenvalue weighted by atomic mass is 32.2. The van der Waals surface area contributed by atoms with Gasteiger partial charge >= 0.3 is 5.97 Å². The van der Waals surface area contributed by atoms with Gasteiger partial charge in [0.2, 0.25) is 11.8 Å². The minimum atomic E-state index is -0.412. The molecule has 2 rings (SSSR count). The summed E-state index contributed by atoms with van der Waals surface area (Å²) >= 11 is 1.43. The van der Waals surface area contributed by atoms with Gasteiger partial charge in [-0.05, 0) is 18.6 Å². The highest BCUT2D eigenvalue weighted by molar-refractivity contribution is 8.00. The molecule has 0 unspecified atom stereocenters. The second-order valence-corrected chi connectivity index (χ2v) is 6.12. The third kappa shape index (κ3) is 3.85. The zero-order valence-corrected chi connectivity index (χ0v) is 12.8. The first-order valence-corrected chi connectivity index (χ1v) is 7.55. The maximum atomic E-state index is 12.4. The number of benzene rings is 1. The van der Waals surface area contributed by atoms with E-state index in [1.165, 1.54) is 30.5 Å². The Labute approximate surface area is 127 Å². The summed E-state index contributed by atoms with van der Waals surface area (Å²) in [6.45, 7) is 2.73. The summed E-state index contributed by atoms with van der Waals surface area (Å²) in [6.07, 6.45) is 0.491. The molecule has 0 aromatic heterocycles. The van der Waals surface area contributed by atoms with Gasteiger partial charge in [-0.2, -0.15) is 0 Å². The lowest BCUT2D eigenvalue weighted by atomic mass is 10.2. The fourth-order valence-corrected chi connectivity index (χ4v) is 3.49. The summed E-state index contributed by atoms with van der Waals surface area (Å²) in [4.78, 5) is 37.1. The van der Waals surface area contributed by atoms with Crippen molar-refractivity contribution in [1.82, 2.24) is 4.90 Å². The summed E-state index contributed by atoms with van der Waals surface area (Å²) in [5.41, 5.74) is 0.